The number of benzene rings is 2. The average molecular weight is 249 g/mol. The van der Waals surface area contributed by atoms with Crippen LogP contribution >= 0.6 is 0 Å². The van der Waals surface area contributed by atoms with Gasteiger partial charge in [-0.3, -0.25) is 0 Å². The van der Waals surface area contributed by atoms with Crippen molar-refractivity contribution in [3.05, 3.63) is 53.6 Å². The van der Waals surface area contributed by atoms with E-state index in [1.807, 2.05) is 0 Å². The highest BCUT2D eigenvalue weighted by atomic mass is 19.1. The van der Waals surface area contributed by atoms with Crippen LogP contribution in [0.25, 0.3) is 11.1 Å². The summed E-state index contributed by atoms with van der Waals surface area (Å²) >= 11 is 0. The third kappa shape index (κ3) is 2.15. The van der Waals surface area contributed by atoms with Crippen molar-refractivity contribution in [1.29, 1.82) is 0 Å². The summed E-state index contributed by atoms with van der Waals surface area (Å²) in [7, 11) is 0. The predicted octanol–water partition coefficient (Wildman–Crippen LogP) is 2.91. The Balaban J connectivity index is 2.52. The molecule has 2 rings (SSSR count). The zero-order valence-corrected chi connectivity index (χ0v) is 9.15. The van der Waals surface area contributed by atoms with Crippen LogP contribution in [0.2, 0.25) is 0 Å². The predicted molar refractivity (Wildman–Crippen MR) is 63.2 cm³/mol. The smallest absolute Gasteiger partial charge is 0.337 e. The van der Waals surface area contributed by atoms with Gasteiger partial charge in [-0.15, -0.1) is 0 Å². The Morgan fingerprint density at radius 2 is 1.83 bits per heavy atom. The lowest BCUT2D eigenvalue weighted by atomic mass is 10.0. The quantitative estimate of drug-likeness (QED) is 0.804. The molecular formula is C13H9F2NO2. The Morgan fingerprint density at radius 1 is 1.11 bits per heavy atom. The second-order valence-electron chi connectivity index (χ2n) is 3.73. The molecule has 5 heteroatoms. The van der Waals surface area contributed by atoms with Crippen LogP contribution in [0.3, 0.4) is 0 Å². The maximum atomic E-state index is 13.5. The van der Waals surface area contributed by atoms with Gasteiger partial charge < -0.3 is 10.8 Å². The van der Waals surface area contributed by atoms with Crippen molar-refractivity contribution >= 4 is 11.7 Å². The van der Waals surface area contributed by atoms with Gasteiger partial charge in [0.2, 0.25) is 0 Å². The number of aromatic carboxylic acids is 1. The third-order valence-corrected chi connectivity index (χ3v) is 2.52. The van der Waals surface area contributed by atoms with E-state index in [1.54, 1.807) is 0 Å². The third-order valence-electron chi connectivity index (χ3n) is 2.52. The first kappa shape index (κ1) is 12.0. The molecule has 0 saturated heterocycles. The molecule has 92 valence electrons. The van der Waals surface area contributed by atoms with E-state index in [-0.39, 0.29) is 16.8 Å². The maximum Gasteiger partial charge on any atom is 0.337 e. The number of rotatable bonds is 2. The van der Waals surface area contributed by atoms with Crippen LogP contribution in [-0.2, 0) is 0 Å². The fourth-order valence-corrected chi connectivity index (χ4v) is 1.65. The molecule has 0 radical (unpaired) electrons. The summed E-state index contributed by atoms with van der Waals surface area (Å²) in [5, 5.41) is 8.81. The molecule has 0 bridgehead atoms. The zero-order chi connectivity index (χ0) is 13.3. The van der Waals surface area contributed by atoms with Crippen molar-refractivity contribution in [2.45, 2.75) is 0 Å². The first-order valence-corrected chi connectivity index (χ1v) is 5.07. The lowest BCUT2D eigenvalue weighted by Crippen LogP contribution is -2.02. The van der Waals surface area contributed by atoms with E-state index in [9.17, 15) is 13.6 Å². The summed E-state index contributed by atoms with van der Waals surface area (Å²) in [6.45, 7) is 0. The molecule has 0 aromatic heterocycles. The molecule has 0 atom stereocenters. The van der Waals surface area contributed by atoms with E-state index in [0.29, 0.717) is 5.56 Å². The lowest BCUT2D eigenvalue weighted by Gasteiger charge is -2.06. The average Bonchev–Trinajstić information content (AvgIpc) is 2.28. The fraction of sp³-hybridized carbons (Fsp3) is 0. The van der Waals surface area contributed by atoms with Crippen molar-refractivity contribution in [2.75, 3.05) is 5.73 Å². The van der Waals surface area contributed by atoms with Crippen molar-refractivity contribution in [1.82, 2.24) is 0 Å². The molecule has 0 fully saturated rings. The van der Waals surface area contributed by atoms with Crippen LogP contribution in [0.15, 0.2) is 36.4 Å². The monoisotopic (exact) mass is 249 g/mol. The molecular weight excluding hydrogens is 240 g/mol. The van der Waals surface area contributed by atoms with E-state index in [4.69, 9.17) is 10.8 Å². The number of hydrogen-bond donors (Lipinski definition) is 2. The highest BCUT2D eigenvalue weighted by molar-refractivity contribution is 5.94. The summed E-state index contributed by atoms with van der Waals surface area (Å²) in [4.78, 5) is 10.8. The fourth-order valence-electron chi connectivity index (χ4n) is 1.65. The molecule has 0 saturated carbocycles. The second kappa shape index (κ2) is 4.44. The number of nitrogen functional groups attached to an aromatic ring is 1. The number of nitrogens with two attached hydrogens (primary N) is 1. The van der Waals surface area contributed by atoms with Gasteiger partial charge in [0.1, 0.15) is 11.6 Å². The van der Waals surface area contributed by atoms with Gasteiger partial charge in [0.15, 0.2) is 0 Å². The standard InChI is InChI=1S/C13H9F2NO2/c14-8-2-4-9(11(15)6-8)7-1-3-10(13(17)18)12(16)5-7/h1-6H,16H2,(H,17,18). The van der Waals surface area contributed by atoms with E-state index in [1.165, 1.54) is 24.3 Å². The largest absolute Gasteiger partial charge is 0.478 e. The Kier molecular flexibility index (Phi) is 2.97. The number of halogens is 2. The first-order valence-electron chi connectivity index (χ1n) is 5.07. The summed E-state index contributed by atoms with van der Waals surface area (Å²) in [5.74, 6) is -2.55. The first-order chi connectivity index (χ1) is 8.49. The zero-order valence-electron chi connectivity index (χ0n) is 9.15. The Labute approximate surface area is 101 Å². The minimum absolute atomic E-state index is 0.0312. The van der Waals surface area contributed by atoms with Gasteiger partial charge in [0.25, 0.3) is 0 Å². The Hall–Kier alpha value is -2.43. The topological polar surface area (TPSA) is 63.3 Å². The minimum atomic E-state index is -1.15. The highest BCUT2D eigenvalue weighted by Gasteiger charge is 2.11. The van der Waals surface area contributed by atoms with Crippen LogP contribution in [0.1, 0.15) is 10.4 Å². The molecule has 3 nitrogen and oxygen atoms in total. The number of carbonyl (C=O) groups is 1. The summed E-state index contributed by atoms with van der Waals surface area (Å²) in [5.41, 5.74) is 6.10. The van der Waals surface area contributed by atoms with Crippen molar-refractivity contribution in [3.63, 3.8) is 0 Å². The molecule has 0 aliphatic rings. The molecule has 2 aromatic carbocycles. The highest BCUT2D eigenvalue weighted by Crippen LogP contribution is 2.26. The normalized spacial score (nSPS) is 10.3. The van der Waals surface area contributed by atoms with Gasteiger partial charge in [0.05, 0.1) is 5.56 Å². The van der Waals surface area contributed by atoms with Gasteiger partial charge in [0, 0.05) is 17.3 Å². The number of anilines is 1. The van der Waals surface area contributed by atoms with Crippen molar-refractivity contribution < 1.29 is 18.7 Å². The maximum absolute atomic E-state index is 13.5. The number of carboxylic acid groups (broad SMARTS) is 1. The van der Waals surface area contributed by atoms with Crippen LogP contribution in [-0.4, -0.2) is 11.1 Å². The number of carboxylic acids is 1. The summed E-state index contributed by atoms with van der Waals surface area (Å²) < 4.78 is 26.3. The molecule has 18 heavy (non-hydrogen) atoms. The lowest BCUT2D eigenvalue weighted by molar-refractivity contribution is 0.0698. The molecule has 0 unspecified atom stereocenters. The Bertz CT molecular complexity index is 626. The Morgan fingerprint density at radius 3 is 2.39 bits per heavy atom. The van der Waals surface area contributed by atoms with Gasteiger partial charge in [-0.1, -0.05) is 6.07 Å². The van der Waals surface area contributed by atoms with E-state index >= 15 is 0 Å². The van der Waals surface area contributed by atoms with Crippen LogP contribution in [0.4, 0.5) is 14.5 Å². The van der Waals surface area contributed by atoms with Crippen molar-refractivity contribution in [2.24, 2.45) is 0 Å². The van der Waals surface area contributed by atoms with Crippen molar-refractivity contribution in [3.8, 4) is 11.1 Å². The molecule has 0 aliphatic heterocycles. The molecule has 0 amide bonds. The SMILES string of the molecule is Nc1cc(-c2ccc(F)cc2F)ccc1C(=O)O. The van der Waals surface area contributed by atoms with E-state index in [0.717, 1.165) is 12.1 Å². The second-order valence-corrected chi connectivity index (χ2v) is 3.73. The van der Waals surface area contributed by atoms with Gasteiger partial charge >= 0.3 is 5.97 Å². The molecule has 0 spiro atoms. The summed E-state index contributed by atoms with van der Waals surface area (Å²) in [6, 6.07) is 7.22. The number of hydrogen-bond acceptors (Lipinski definition) is 2. The van der Waals surface area contributed by atoms with E-state index in [2.05, 4.69) is 0 Å². The van der Waals surface area contributed by atoms with Gasteiger partial charge in [-0.25, -0.2) is 13.6 Å². The van der Waals surface area contributed by atoms with E-state index < -0.39 is 17.6 Å². The molecule has 3 N–H and O–H groups in total. The molecule has 0 heterocycles. The van der Waals surface area contributed by atoms with Gasteiger partial charge in [-0.2, -0.15) is 0 Å². The molecule has 0 aliphatic carbocycles. The van der Waals surface area contributed by atoms with Crippen LogP contribution in [0.5, 0.6) is 0 Å². The van der Waals surface area contributed by atoms with Gasteiger partial charge in [-0.05, 0) is 29.8 Å². The minimum Gasteiger partial charge on any atom is -0.478 e. The molecule has 2 aromatic rings. The summed E-state index contributed by atoms with van der Waals surface area (Å²) in [6.07, 6.45) is 0. The van der Waals surface area contributed by atoms with Crippen LogP contribution < -0.4 is 5.73 Å². The van der Waals surface area contributed by atoms with Crippen LogP contribution in [0, 0.1) is 11.6 Å².